The van der Waals surface area contributed by atoms with Crippen LogP contribution < -0.4 is 14.9 Å². The fraction of sp³-hybridized carbons (Fsp3) is 0.118. The molecule has 118 valence electrons. The second-order valence-electron chi connectivity index (χ2n) is 4.86. The fourth-order valence-corrected chi connectivity index (χ4v) is 2.37. The molecule has 2 aromatic carbocycles. The first kappa shape index (κ1) is 14.8. The fourth-order valence-electron chi connectivity index (χ4n) is 2.37. The Hall–Kier alpha value is -3.15. The highest BCUT2D eigenvalue weighted by Crippen LogP contribution is 2.40. The Morgan fingerprint density at radius 3 is 2.26 bits per heavy atom. The van der Waals surface area contributed by atoms with Crippen LogP contribution in [0.5, 0.6) is 23.0 Å². The van der Waals surface area contributed by atoms with Crippen LogP contribution in [0.1, 0.15) is 0 Å². The van der Waals surface area contributed by atoms with E-state index < -0.39 is 5.43 Å². The van der Waals surface area contributed by atoms with Gasteiger partial charge in [-0.2, -0.15) is 0 Å². The highest BCUT2D eigenvalue weighted by atomic mass is 16.5. The van der Waals surface area contributed by atoms with Crippen molar-refractivity contribution in [1.29, 1.82) is 0 Å². The first-order valence-corrected chi connectivity index (χ1v) is 6.76. The van der Waals surface area contributed by atoms with Gasteiger partial charge >= 0.3 is 0 Å². The van der Waals surface area contributed by atoms with Crippen LogP contribution in [0.25, 0.3) is 22.3 Å². The Balaban J connectivity index is 2.29. The van der Waals surface area contributed by atoms with Crippen LogP contribution in [-0.4, -0.2) is 24.4 Å². The van der Waals surface area contributed by atoms with E-state index in [-0.39, 0.29) is 34.0 Å². The van der Waals surface area contributed by atoms with Crippen LogP contribution in [-0.2, 0) is 0 Å². The summed E-state index contributed by atoms with van der Waals surface area (Å²) in [4.78, 5) is 12.3. The molecule has 23 heavy (non-hydrogen) atoms. The van der Waals surface area contributed by atoms with E-state index in [1.165, 1.54) is 13.2 Å². The van der Waals surface area contributed by atoms with Gasteiger partial charge in [-0.25, -0.2) is 0 Å². The molecule has 0 radical (unpaired) electrons. The van der Waals surface area contributed by atoms with Crippen LogP contribution in [0.4, 0.5) is 0 Å². The highest BCUT2D eigenvalue weighted by molar-refractivity contribution is 5.91. The van der Waals surface area contributed by atoms with Crippen molar-refractivity contribution < 1.29 is 24.1 Å². The molecule has 0 aliphatic rings. The zero-order valence-electron chi connectivity index (χ0n) is 12.5. The van der Waals surface area contributed by atoms with Crippen LogP contribution in [0.15, 0.2) is 45.6 Å². The number of hydrogen-bond donors (Lipinski definition) is 2. The maximum Gasteiger partial charge on any atom is 0.204 e. The van der Waals surface area contributed by atoms with Gasteiger partial charge in [-0.1, -0.05) is 0 Å². The summed E-state index contributed by atoms with van der Waals surface area (Å²) in [5.74, 6) is 0.268. The molecule has 6 nitrogen and oxygen atoms in total. The minimum Gasteiger partial charge on any atom is -0.507 e. The molecule has 0 amide bonds. The van der Waals surface area contributed by atoms with E-state index in [9.17, 15) is 15.0 Å². The van der Waals surface area contributed by atoms with Gasteiger partial charge < -0.3 is 24.1 Å². The average molecular weight is 314 g/mol. The van der Waals surface area contributed by atoms with Crippen molar-refractivity contribution in [1.82, 2.24) is 0 Å². The number of methoxy groups -OCH3 is 2. The minimum absolute atomic E-state index is 0.00902. The van der Waals surface area contributed by atoms with Crippen molar-refractivity contribution in [2.45, 2.75) is 0 Å². The average Bonchev–Trinajstić information content (AvgIpc) is 2.54. The molecule has 0 spiro atoms. The summed E-state index contributed by atoms with van der Waals surface area (Å²) in [6.45, 7) is 0. The van der Waals surface area contributed by atoms with E-state index >= 15 is 0 Å². The van der Waals surface area contributed by atoms with Gasteiger partial charge in [0.2, 0.25) is 5.75 Å². The highest BCUT2D eigenvalue weighted by Gasteiger charge is 2.18. The molecular formula is C17H14O6. The van der Waals surface area contributed by atoms with Gasteiger partial charge in [-0.15, -0.1) is 0 Å². The van der Waals surface area contributed by atoms with E-state index in [1.807, 2.05) is 0 Å². The van der Waals surface area contributed by atoms with Crippen LogP contribution >= 0.6 is 0 Å². The third-order valence-electron chi connectivity index (χ3n) is 3.49. The number of aromatic hydroxyl groups is 2. The van der Waals surface area contributed by atoms with Crippen LogP contribution in [0.3, 0.4) is 0 Å². The summed E-state index contributed by atoms with van der Waals surface area (Å²) in [5, 5.41) is 19.7. The van der Waals surface area contributed by atoms with Crippen molar-refractivity contribution >= 4 is 11.0 Å². The molecule has 3 aromatic rings. The molecule has 0 atom stereocenters. The van der Waals surface area contributed by atoms with Gasteiger partial charge in [0.15, 0.2) is 16.8 Å². The smallest absolute Gasteiger partial charge is 0.204 e. The Labute approximate surface area is 131 Å². The van der Waals surface area contributed by atoms with Crippen molar-refractivity contribution in [2.24, 2.45) is 0 Å². The quantitative estimate of drug-likeness (QED) is 0.772. The maximum atomic E-state index is 12.3. The molecule has 0 fully saturated rings. The molecule has 0 saturated carbocycles. The standard InChI is InChI=1S/C17H14O6/c1-21-10-5-3-9(4-6-10)14-8-12(19)15-11(18)7-13(20)16(22-2)17(15)23-14/h3-8,18,20H,1-2H3. The number of hydrogen-bond acceptors (Lipinski definition) is 6. The Morgan fingerprint density at radius 2 is 1.65 bits per heavy atom. The zero-order valence-corrected chi connectivity index (χ0v) is 12.5. The molecule has 2 N–H and O–H groups in total. The van der Waals surface area contributed by atoms with Gasteiger partial charge in [0.25, 0.3) is 0 Å². The molecule has 0 aliphatic heterocycles. The molecule has 1 aromatic heterocycles. The second kappa shape index (κ2) is 5.57. The molecule has 3 rings (SSSR count). The lowest BCUT2D eigenvalue weighted by atomic mass is 10.1. The summed E-state index contributed by atoms with van der Waals surface area (Å²) >= 11 is 0. The lowest BCUT2D eigenvalue weighted by molar-refractivity contribution is 0.367. The number of ether oxygens (including phenoxy) is 2. The molecule has 0 unspecified atom stereocenters. The Morgan fingerprint density at radius 1 is 0.957 bits per heavy atom. The van der Waals surface area contributed by atoms with Crippen molar-refractivity contribution in [3.8, 4) is 34.3 Å². The molecular weight excluding hydrogens is 300 g/mol. The van der Waals surface area contributed by atoms with Crippen LogP contribution in [0, 0.1) is 0 Å². The lowest BCUT2D eigenvalue weighted by Gasteiger charge is -2.10. The predicted octanol–water partition coefficient (Wildman–Crippen LogP) is 2.89. The second-order valence-corrected chi connectivity index (χ2v) is 4.86. The maximum absolute atomic E-state index is 12.3. The van der Waals surface area contributed by atoms with Gasteiger partial charge in [-0.3, -0.25) is 4.79 Å². The summed E-state index contributed by atoms with van der Waals surface area (Å²) in [7, 11) is 2.90. The monoisotopic (exact) mass is 314 g/mol. The number of benzene rings is 2. The van der Waals surface area contributed by atoms with Gasteiger partial charge in [0.05, 0.1) is 14.2 Å². The van der Waals surface area contributed by atoms with E-state index in [2.05, 4.69) is 0 Å². The number of fused-ring (bicyclic) bond motifs is 1. The molecule has 6 heteroatoms. The molecule has 1 heterocycles. The van der Waals surface area contributed by atoms with E-state index in [0.29, 0.717) is 11.3 Å². The van der Waals surface area contributed by atoms with Gasteiger partial charge in [0, 0.05) is 17.7 Å². The largest absolute Gasteiger partial charge is 0.507 e. The third kappa shape index (κ3) is 2.44. The Bertz CT molecular complexity index is 924. The zero-order chi connectivity index (χ0) is 16.6. The molecule has 0 aliphatic carbocycles. The summed E-state index contributed by atoms with van der Waals surface area (Å²) in [6, 6.07) is 9.26. The topological polar surface area (TPSA) is 89.1 Å². The molecule has 0 saturated heterocycles. The SMILES string of the molecule is COc1ccc(-c2cc(=O)c3c(O)cc(O)c(OC)c3o2)cc1. The lowest BCUT2D eigenvalue weighted by Crippen LogP contribution is -2.02. The van der Waals surface area contributed by atoms with E-state index in [1.54, 1.807) is 31.4 Å². The summed E-state index contributed by atoms with van der Waals surface area (Å²) in [5.41, 5.74) is 0.200. The number of rotatable bonds is 3. The first-order chi connectivity index (χ1) is 11.0. The number of phenols is 2. The van der Waals surface area contributed by atoms with E-state index in [4.69, 9.17) is 13.9 Å². The van der Waals surface area contributed by atoms with Crippen molar-refractivity contribution in [3.63, 3.8) is 0 Å². The van der Waals surface area contributed by atoms with Crippen molar-refractivity contribution in [3.05, 3.63) is 46.6 Å². The Kier molecular flexibility index (Phi) is 3.57. The third-order valence-corrected chi connectivity index (χ3v) is 3.49. The molecule has 0 bridgehead atoms. The van der Waals surface area contributed by atoms with E-state index in [0.717, 1.165) is 6.07 Å². The summed E-state index contributed by atoms with van der Waals surface area (Å²) in [6.07, 6.45) is 0. The summed E-state index contributed by atoms with van der Waals surface area (Å²) < 4.78 is 15.9. The number of phenolic OH excluding ortho intramolecular Hbond substituents is 2. The van der Waals surface area contributed by atoms with Crippen molar-refractivity contribution in [2.75, 3.05) is 14.2 Å². The van der Waals surface area contributed by atoms with Gasteiger partial charge in [0.1, 0.15) is 22.6 Å². The van der Waals surface area contributed by atoms with Gasteiger partial charge in [-0.05, 0) is 24.3 Å². The predicted molar refractivity (Wildman–Crippen MR) is 84.4 cm³/mol. The minimum atomic E-state index is -0.437. The first-order valence-electron chi connectivity index (χ1n) is 6.76. The normalized spacial score (nSPS) is 10.7. The van der Waals surface area contributed by atoms with Crippen LogP contribution in [0.2, 0.25) is 0 Å².